The number of hydrogen-bond acceptors (Lipinski definition) is 5. The maximum absolute atomic E-state index is 13.0. The van der Waals surface area contributed by atoms with Crippen LogP contribution in [-0.4, -0.2) is 35.2 Å². The number of ketones is 1. The number of aromatic hydroxyl groups is 1. The van der Waals surface area contributed by atoms with E-state index in [1.165, 1.54) is 54.6 Å². The van der Waals surface area contributed by atoms with Gasteiger partial charge in [-0.3, -0.25) is 24.1 Å². The minimum absolute atomic E-state index is 0.0554. The highest BCUT2D eigenvalue weighted by Crippen LogP contribution is 2.31. The molecule has 166 valence electrons. The molecule has 4 rings (SSSR count). The van der Waals surface area contributed by atoms with Gasteiger partial charge in [0.1, 0.15) is 18.1 Å². The smallest absolute Gasteiger partial charge is 0.299 e. The van der Waals surface area contributed by atoms with Gasteiger partial charge in [-0.2, -0.15) is 0 Å². The van der Waals surface area contributed by atoms with Crippen molar-refractivity contribution in [1.29, 1.82) is 0 Å². The van der Waals surface area contributed by atoms with Gasteiger partial charge in [0, 0.05) is 12.2 Å². The summed E-state index contributed by atoms with van der Waals surface area (Å²) >= 11 is 0. The lowest BCUT2D eigenvalue weighted by molar-refractivity contribution is -0.122. The maximum atomic E-state index is 13.0. The van der Waals surface area contributed by atoms with Crippen molar-refractivity contribution in [2.75, 3.05) is 16.8 Å². The van der Waals surface area contributed by atoms with Crippen molar-refractivity contribution in [2.24, 2.45) is 0 Å². The van der Waals surface area contributed by atoms with E-state index in [-0.39, 0.29) is 47.2 Å². The van der Waals surface area contributed by atoms with Gasteiger partial charge in [0.2, 0.25) is 5.91 Å². The molecular weight excluding hydrogens is 429 g/mol. The summed E-state index contributed by atoms with van der Waals surface area (Å²) in [5.41, 5.74) is 1.30. The third kappa shape index (κ3) is 4.57. The van der Waals surface area contributed by atoms with E-state index in [0.29, 0.717) is 5.56 Å². The molecule has 0 unspecified atom stereocenters. The number of rotatable bonds is 6. The van der Waals surface area contributed by atoms with Gasteiger partial charge in [-0.15, -0.1) is 0 Å². The molecule has 3 aromatic carbocycles. The number of carbonyl (C=O) groups excluding carboxylic acids is 4. The standard InChI is InChI=1S/C24H18FN3O5/c25-15-7-5-14(6-8-15)12-26-21(30)13-28-19-10-9-16(11-18(19)22(31)24(28)33)27-23(32)17-3-1-2-4-20(17)29/h1-11,29H,12-13H2,(H,26,30)(H,27,32). The first-order valence-electron chi connectivity index (χ1n) is 9.94. The van der Waals surface area contributed by atoms with E-state index in [2.05, 4.69) is 10.6 Å². The number of nitrogens with zero attached hydrogens (tertiary/aromatic N) is 1. The van der Waals surface area contributed by atoms with E-state index >= 15 is 0 Å². The SMILES string of the molecule is O=C(CN1C(=O)C(=O)c2cc(NC(=O)c3ccccc3O)ccc21)NCc1ccc(F)cc1. The predicted octanol–water partition coefficient (Wildman–Crippen LogP) is 2.63. The summed E-state index contributed by atoms with van der Waals surface area (Å²) in [5.74, 6) is -3.31. The molecule has 33 heavy (non-hydrogen) atoms. The summed E-state index contributed by atoms with van der Waals surface area (Å²) in [4.78, 5) is 50.7. The third-order valence-corrected chi connectivity index (χ3v) is 5.08. The van der Waals surface area contributed by atoms with E-state index < -0.39 is 23.5 Å². The zero-order valence-corrected chi connectivity index (χ0v) is 17.2. The lowest BCUT2D eigenvalue weighted by Crippen LogP contribution is -2.39. The number of Topliss-reactive ketones (excluding diaryl/α,β-unsaturated/α-hetero) is 1. The van der Waals surface area contributed by atoms with Crippen molar-refractivity contribution in [1.82, 2.24) is 5.32 Å². The molecule has 1 aliphatic heterocycles. The minimum atomic E-state index is -0.855. The second-order valence-corrected chi connectivity index (χ2v) is 7.33. The number of para-hydroxylation sites is 1. The molecule has 0 fully saturated rings. The number of amides is 3. The van der Waals surface area contributed by atoms with E-state index in [4.69, 9.17) is 0 Å². The van der Waals surface area contributed by atoms with E-state index in [1.807, 2.05) is 0 Å². The van der Waals surface area contributed by atoms with Gasteiger partial charge in [0.05, 0.1) is 16.8 Å². The fourth-order valence-electron chi connectivity index (χ4n) is 3.40. The summed E-state index contributed by atoms with van der Waals surface area (Å²) in [6.45, 7) is -0.235. The average molecular weight is 447 g/mol. The van der Waals surface area contributed by atoms with Crippen molar-refractivity contribution in [3.63, 3.8) is 0 Å². The Morgan fingerprint density at radius 1 is 0.970 bits per heavy atom. The lowest BCUT2D eigenvalue weighted by Gasteiger charge is -2.16. The third-order valence-electron chi connectivity index (χ3n) is 5.08. The van der Waals surface area contributed by atoms with Crippen LogP contribution in [0.25, 0.3) is 0 Å². The van der Waals surface area contributed by atoms with E-state index in [0.717, 1.165) is 4.90 Å². The molecule has 3 amide bonds. The van der Waals surface area contributed by atoms with Crippen LogP contribution in [0.4, 0.5) is 15.8 Å². The Kier molecular flexibility index (Phi) is 5.86. The van der Waals surface area contributed by atoms with Crippen molar-refractivity contribution in [2.45, 2.75) is 6.54 Å². The molecule has 3 N–H and O–H groups in total. The highest BCUT2D eigenvalue weighted by Gasteiger charge is 2.37. The summed E-state index contributed by atoms with van der Waals surface area (Å²) in [7, 11) is 0. The number of hydrogen-bond donors (Lipinski definition) is 3. The van der Waals surface area contributed by atoms with Gasteiger partial charge in [0.25, 0.3) is 17.6 Å². The number of fused-ring (bicyclic) bond motifs is 1. The van der Waals surface area contributed by atoms with Gasteiger partial charge in [0.15, 0.2) is 0 Å². The number of halogens is 1. The number of phenolic OH excluding ortho intramolecular Hbond substituents is 1. The van der Waals surface area contributed by atoms with Gasteiger partial charge in [-0.1, -0.05) is 24.3 Å². The topological polar surface area (TPSA) is 116 Å². The Hall–Kier alpha value is -4.53. The number of carbonyl (C=O) groups is 4. The number of phenols is 1. The lowest BCUT2D eigenvalue weighted by atomic mass is 10.1. The zero-order valence-electron chi connectivity index (χ0n) is 17.2. The highest BCUT2D eigenvalue weighted by atomic mass is 19.1. The molecule has 0 aliphatic carbocycles. The molecule has 1 heterocycles. The molecule has 9 heteroatoms. The Morgan fingerprint density at radius 2 is 1.70 bits per heavy atom. The Labute approximate surface area is 187 Å². The van der Waals surface area contributed by atoms with Crippen LogP contribution in [0.1, 0.15) is 26.3 Å². The van der Waals surface area contributed by atoms with Gasteiger partial charge >= 0.3 is 0 Å². The van der Waals surface area contributed by atoms with Crippen LogP contribution in [0.3, 0.4) is 0 Å². The van der Waals surface area contributed by atoms with Crippen LogP contribution in [0, 0.1) is 5.82 Å². The Balaban J connectivity index is 1.45. The van der Waals surface area contributed by atoms with Gasteiger partial charge in [-0.05, 0) is 48.0 Å². The first-order chi connectivity index (χ1) is 15.8. The first kappa shape index (κ1) is 21.7. The molecule has 0 aromatic heterocycles. The molecular formula is C24H18FN3O5. The summed E-state index contributed by atoms with van der Waals surface area (Å²) < 4.78 is 13.0. The van der Waals surface area contributed by atoms with E-state index in [1.54, 1.807) is 12.1 Å². The summed E-state index contributed by atoms with van der Waals surface area (Å²) in [6, 6.07) is 15.9. The Morgan fingerprint density at radius 3 is 2.42 bits per heavy atom. The minimum Gasteiger partial charge on any atom is -0.507 e. The molecule has 1 aliphatic rings. The van der Waals surface area contributed by atoms with Crippen LogP contribution < -0.4 is 15.5 Å². The van der Waals surface area contributed by atoms with E-state index in [9.17, 15) is 28.7 Å². The van der Waals surface area contributed by atoms with Crippen molar-refractivity contribution in [3.8, 4) is 5.75 Å². The first-order valence-corrected chi connectivity index (χ1v) is 9.94. The zero-order chi connectivity index (χ0) is 23.5. The van der Waals surface area contributed by atoms with Crippen LogP contribution in [0.5, 0.6) is 5.75 Å². The molecule has 0 saturated carbocycles. The largest absolute Gasteiger partial charge is 0.507 e. The molecule has 8 nitrogen and oxygen atoms in total. The van der Waals surface area contributed by atoms with Crippen molar-refractivity contribution >= 4 is 34.9 Å². The maximum Gasteiger partial charge on any atom is 0.299 e. The quantitative estimate of drug-likeness (QED) is 0.503. The number of nitrogens with one attached hydrogen (secondary N) is 2. The number of anilines is 2. The molecule has 3 aromatic rings. The van der Waals surface area contributed by atoms with Gasteiger partial charge < -0.3 is 15.7 Å². The summed E-state index contributed by atoms with van der Waals surface area (Å²) in [5, 5.41) is 15.0. The van der Waals surface area contributed by atoms with Crippen LogP contribution >= 0.6 is 0 Å². The Bertz CT molecular complexity index is 1270. The normalized spacial score (nSPS) is 12.5. The van der Waals surface area contributed by atoms with Crippen LogP contribution in [0.15, 0.2) is 66.7 Å². The second kappa shape index (κ2) is 8.91. The average Bonchev–Trinajstić information content (AvgIpc) is 3.03. The van der Waals surface area contributed by atoms with Gasteiger partial charge in [-0.25, -0.2) is 4.39 Å². The molecule has 0 radical (unpaired) electrons. The van der Waals surface area contributed by atoms with Crippen molar-refractivity contribution < 1.29 is 28.7 Å². The summed E-state index contributed by atoms with van der Waals surface area (Å²) in [6.07, 6.45) is 0. The molecule has 0 spiro atoms. The fraction of sp³-hybridized carbons (Fsp3) is 0.0833. The fourth-order valence-corrected chi connectivity index (χ4v) is 3.40. The highest BCUT2D eigenvalue weighted by molar-refractivity contribution is 6.52. The molecule has 0 bridgehead atoms. The molecule has 0 saturated heterocycles. The van der Waals surface area contributed by atoms with Crippen LogP contribution in [-0.2, 0) is 16.1 Å². The van der Waals surface area contributed by atoms with Crippen LogP contribution in [0.2, 0.25) is 0 Å². The van der Waals surface area contributed by atoms with Crippen molar-refractivity contribution in [3.05, 3.63) is 89.2 Å². The second-order valence-electron chi connectivity index (χ2n) is 7.33. The molecule has 0 atom stereocenters. The predicted molar refractivity (Wildman–Crippen MR) is 117 cm³/mol. The monoisotopic (exact) mass is 447 g/mol. The number of benzene rings is 3.